The van der Waals surface area contributed by atoms with Crippen LogP contribution in [0.15, 0.2) is 18.2 Å². The lowest BCUT2D eigenvalue weighted by atomic mass is 9.77. The van der Waals surface area contributed by atoms with E-state index in [1.807, 2.05) is 0 Å². The van der Waals surface area contributed by atoms with Gasteiger partial charge in [-0.25, -0.2) is 9.18 Å². The number of carbonyl (C=O) groups is 1. The van der Waals surface area contributed by atoms with E-state index < -0.39 is 23.3 Å². The molecule has 0 radical (unpaired) electrons. The Hall–Kier alpha value is -1.42. The van der Waals surface area contributed by atoms with Gasteiger partial charge in [0, 0.05) is 5.41 Å². The number of aliphatic hydroxyl groups excluding tert-OH is 1. The number of rotatable bonds is 3. The van der Waals surface area contributed by atoms with Crippen molar-refractivity contribution in [3.8, 4) is 0 Å². The van der Waals surface area contributed by atoms with Crippen LogP contribution in [0.2, 0.25) is 0 Å². The zero-order valence-electron chi connectivity index (χ0n) is 9.49. The SMILES string of the molecule is Cc1cccc(F)c1C(C)(C)C(O)C(=O)O. The van der Waals surface area contributed by atoms with Crippen molar-refractivity contribution in [3.05, 3.63) is 35.1 Å². The number of aliphatic carboxylic acids is 1. The quantitative estimate of drug-likeness (QED) is 0.827. The van der Waals surface area contributed by atoms with Crippen LogP contribution in [-0.2, 0) is 10.2 Å². The molecule has 4 heteroatoms. The zero-order valence-corrected chi connectivity index (χ0v) is 9.49. The maximum Gasteiger partial charge on any atom is 0.333 e. The van der Waals surface area contributed by atoms with Crippen molar-refractivity contribution in [2.75, 3.05) is 0 Å². The van der Waals surface area contributed by atoms with E-state index in [9.17, 15) is 14.3 Å². The van der Waals surface area contributed by atoms with E-state index >= 15 is 0 Å². The minimum atomic E-state index is -1.64. The molecular weight excluding hydrogens is 211 g/mol. The van der Waals surface area contributed by atoms with Crippen molar-refractivity contribution in [2.45, 2.75) is 32.3 Å². The first-order valence-corrected chi connectivity index (χ1v) is 4.95. The topological polar surface area (TPSA) is 57.5 Å². The van der Waals surface area contributed by atoms with Gasteiger partial charge in [-0.3, -0.25) is 0 Å². The fourth-order valence-corrected chi connectivity index (χ4v) is 1.89. The lowest BCUT2D eigenvalue weighted by Gasteiger charge is -2.30. The Bertz CT molecular complexity index is 392. The van der Waals surface area contributed by atoms with Crippen LogP contribution in [0.4, 0.5) is 4.39 Å². The second kappa shape index (κ2) is 4.22. The molecule has 0 heterocycles. The van der Waals surface area contributed by atoms with E-state index in [4.69, 9.17) is 5.11 Å². The summed E-state index contributed by atoms with van der Waals surface area (Å²) in [4.78, 5) is 10.8. The Morgan fingerprint density at radius 2 is 2.00 bits per heavy atom. The standard InChI is InChI=1S/C12H15FO3/c1-7-5-4-6-8(13)9(7)12(2,3)10(14)11(15)16/h4-6,10,14H,1-3H3,(H,15,16). The summed E-state index contributed by atoms with van der Waals surface area (Å²) in [7, 11) is 0. The number of aliphatic hydroxyl groups is 1. The second-order valence-corrected chi connectivity index (χ2v) is 4.39. The van der Waals surface area contributed by atoms with E-state index in [0.29, 0.717) is 5.56 Å². The Balaban J connectivity index is 3.31. The van der Waals surface area contributed by atoms with Crippen LogP contribution in [0, 0.1) is 12.7 Å². The molecule has 0 amide bonds. The molecule has 1 rings (SSSR count). The molecule has 0 aliphatic heterocycles. The number of halogens is 1. The van der Waals surface area contributed by atoms with Crippen molar-refractivity contribution in [3.63, 3.8) is 0 Å². The van der Waals surface area contributed by atoms with Crippen LogP contribution in [0.5, 0.6) is 0 Å². The third-order valence-corrected chi connectivity index (χ3v) is 2.78. The Morgan fingerprint density at radius 1 is 1.44 bits per heavy atom. The van der Waals surface area contributed by atoms with Gasteiger partial charge in [-0.2, -0.15) is 0 Å². The summed E-state index contributed by atoms with van der Waals surface area (Å²) in [5, 5.41) is 18.4. The van der Waals surface area contributed by atoms with Crippen LogP contribution in [-0.4, -0.2) is 22.3 Å². The molecule has 3 nitrogen and oxygen atoms in total. The van der Waals surface area contributed by atoms with Crippen LogP contribution in [0.25, 0.3) is 0 Å². The highest BCUT2D eigenvalue weighted by atomic mass is 19.1. The normalized spacial score (nSPS) is 13.6. The average Bonchev–Trinajstić information content (AvgIpc) is 2.15. The lowest BCUT2D eigenvalue weighted by Crippen LogP contribution is -2.41. The number of hydrogen-bond acceptors (Lipinski definition) is 2. The van der Waals surface area contributed by atoms with Crippen LogP contribution < -0.4 is 0 Å². The first-order valence-electron chi connectivity index (χ1n) is 4.95. The van der Waals surface area contributed by atoms with Crippen molar-refractivity contribution >= 4 is 5.97 Å². The molecule has 0 bridgehead atoms. The van der Waals surface area contributed by atoms with Gasteiger partial charge in [0.05, 0.1) is 0 Å². The maximum atomic E-state index is 13.7. The third kappa shape index (κ3) is 2.07. The molecule has 1 aromatic carbocycles. The molecule has 0 saturated carbocycles. The molecule has 0 aliphatic rings. The number of benzene rings is 1. The highest BCUT2D eigenvalue weighted by Crippen LogP contribution is 2.32. The van der Waals surface area contributed by atoms with E-state index in [1.54, 1.807) is 19.1 Å². The Kier molecular flexibility index (Phi) is 3.33. The molecule has 0 fully saturated rings. The monoisotopic (exact) mass is 226 g/mol. The van der Waals surface area contributed by atoms with Gasteiger partial charge in [-0.15, -0.1) is 0 Å². The smallest absolute Gasteiger partial charge is 0.333 e. The van der Waals surface area contributed by atoms with Gasteiger partial charge in [0.25, 0.3) is 0 Å². The van der Waals surface area contributed by atoms with Gasteiger partial charge in [0.1, 0.15) is 5.82 Å². The Morgan fingerprint density at radius 3 is 2.44 bits per heavy atom. The third-order valence-electron chi connectivity index (χ3n) is 2.78. The molecular formula is C12H15FO3. The number of carboxylic acid groups (broad SMARTS) is 1. The zero-order chi connectivity index (χ0) is 12.5. The molecule has 88 valence electrons. The molecule has 0 aromatic heterocycles. The summed E-state index contributed by atoms with van der Waals surface area (Å²) in [6, 6.07) is 4.50. The van der Waals surface area contributed by atoms with E-state index in [-0.39, 0.29) is 5.56 Å². The van der Waals surface area contributed by atoms with Gasteiger partial charge in [-0.05, 0) is 24.1 Å². The minimum Gasteiger partial charge on any atom is -0.479 e. The second-order valence-electron chi connectivity index (χ2n) is 4.39. The molecule has 0 spiro atoms. The molecule has 2 N–H and O–H groups in total. The molecule has 16 heavy (non-hydrogen) atoms. The first-order chi connectivity index (χ1) is 7.28. The van der Waals surface area contributed by atoms with Crippen molar-refractivity contribution in [1.29, 1.82) is 0 Å². The van der Waals surface area contributed by atoms with Gasteiger partial charge in [-0.1, -0.05) is 26.0 Å². The number of hydrogen-bond donors (Lipinski definition) is 2. The predicted molar refractivity (Wildman–Crippen MR) is 57.8 cm³/mol. The summed E-state index contributed by atoms with van der Waals surface area (Å²) < 4.78 is 13.7. The molecule has 0 aliphatic carbocycles. The molecule has 1 aromatic rings. The van der Waals surface area contributed by atoms with E-state index in [1.165, 1.54) is 19.9 Å². The summed E-state index contributed by atoms with van der Waals surface area (Å²) >= 11 is 0. The van der Waals surface area contributed by atoms with Crippen LogP contribution in [0.1, 0.15) is 25.0 Å². The summed E-state index contributed by atoms with van der Waals surface area (Å²) in [6.45, 7) is 4.71. The van der Waals surface area contributed by atoms with Gasteiger partial charge < -0.3 is 10.2 Å². The summed E-state index contributed by atoms with van der Waals surface area (Å²) in [5.41, 5.74) is -0.295. The van der Waals surface area contributed by atoms with Crippen LogP contribution in [0.3, 0.4) is 0 Å². The van der Waals surface area contributed by atoms with Crippen LogP contribution >= 0.6 is 0 Å². The number of carboxylic acids is 1. The van der Waals surface area contributed by atoms with Gasteiger partial charge in [0.15, 0.2) is 6.10 Å². The average molecular weight is 226 g/mol. The summed E-state index contributed by atoms with van der Waals surface area (Å²) in [6.07, 6.45) is -1.64. The molecule has 1 atom stereocenters. The highest BCUT2D eigenvalue weighted by Gasteiger charge is 2.38. The largest absolute Gasteiger partial charge is 0.479 e. The van der Waals surface area contributed by atoms with Crippen molar-refractivity contribution in [1.82, 2.24) is 0 Å². The van der Waals surface area contributed by atoms with Gasteiger partial charge in [0.2, 0.25) is 0 Å². The molecule has 1 unspecified atom stereocenters. The maximum absolute atomic E-state index is 13.7. The fourth-order valence-electron chi connectivity index (χ4n) is 1.89. The fraction of sp³-hybridized carbons (Fsp3) is 0.417. The van der Waals surface area contributed by atoms with Crippen molar-refractivity contribution in [2.24, 2.45) is 0 Å². The Labute approximate surface area is 93.5 Å². The minimum absolute atomic E-state index is 0.241. The summed E-state index contributed by atoms with van der Waals surface area (Å²) in [5.74, 6) is -1.85. The highest BCUT2D eigenvalue weighted by molar-refractivity contribution is 5.74. The van der Waals surface area contributed by atoms with Gasteiger partial charge >= 0.3 is 5.97 Å². The predicted octanol–water partition coefficient (Wildman–Crippen LogP) is 1.86. The number of aryl methyl sites for hydroxylation is 1. The van der Waals surface area contributed by atoms with Crippen molar-refractivity contribution < 1.29 is 19.4 Å². The lowest BCUT2D eigenvalue weighted by molar-refractivity contribution is -0.150. The van der Waals surface area contributed by atoms with E-state index in [0.717, 1.165) is 0 Å². The van der Waals surface area contributed by atoms with E-state index in [2.05, 4.69) is 0 Å². The molecule has 0 saturated heterocycles. The first kappa shape index (κ1) is 12.6.